The van der Waals surface area contributed by atoms with Crippen LogP contribution in [0.15, 0.2) is 23.1 Å². The average molecular weight is 329 g/mol. The van der Waals surface area contributed by atoms with Gasteiger partial charge in [0.1, 0.15) is 5.56 Å². The molecule has 1 N–H and O–H groups in total. The van der Waals surface area contributed by atoms with Gasteiger partial charge < -0.3 is 9.84 Å². The highest BCUT2D eigenvalue weighted by atomic mass is 35.5. The zero-order chi connectivity index (χ0) is 15.7. The number of nitrogens with zero attached hydrogens (tertiary/aromatic N) is 1. The van der Waals surface area contributed by atoms with Gasteiger partial charge in [0.25, 0.3) is 5.56 Å². The number of H-pyrrole nitrogens is 1. The van der Waals surface area contributed by atoms with Gasteiger partial charge in [-0.05, 0) is 12.1 Å². The maximum absolute atomic E-state index is 12.4. The SMILES string of the molecule is COC(=O)c1c(Cl)ccc(C(=O)c2c[nH]n(C)c2=O)c1Cl. The lowest BCUT2D eigenvalue weighted by Crippen LogP contribution is -2.20. The fraction of sp³-hybridized carbons (Fsp3) is 0.154. The lowest BCUT2D eigenvalue weighted by molar-refractivity contribution is 0.0601. The largest absolute Gasteiger partial charge is 0.465 e. The molecule has 6 nitrogen and oxygen atoms in total. The van der Waals surface area contributed by atoms with E-state index in [1.165, 1.54) is 32.5 Å². The summed E-state index contributed by atoms with van der Waals surface area (Å²) in [6.45, 7) is 0. The van der Waals surface area contributed by atoms with E-state index >= 15 is 0 Å². The Morgan fingerprint density at radius 3 is 2.43 bits per heavy atom. The van der Waals surface area contributed by atoms with Crippen molar-refractivity contribution in [3.05, 3.63) is 55.4 Å². The van der Waals surface area contributed by atoms with Gasteiger partial charge in [0.05, 0.1) is 22.7 Å². The van der Waals surface area contributed by atoms with Crippen molar-refractivity contribution < 1.29 is 14.3 Å². The van der Waals surface area contributed by atoms with Gasteiger partial charge in [-0.1, -0.05) is 23.2 Å². The molecule has 2 aromatic rings. The number of ether oxygens (including phenoxy) is 1. The molecule has 1 aromatic heterocycles. The van der Waals surface area contributed by atoms with E-state index in [1.807, 2.05) is 0 Å². The second-order valence-electron chi connectivity index (χ2n) is 4.16. The molecule has 0 saturated carbocycles. The lowest BCUT2D eigenvalue weighted by Gasteiger charge is -2.08. The fourth-order valence-corrected chi connectivity index (χ4v) is 2.40. The number of aromatic amines is 1. The molecule has 0 aliphatic carbocycles. The highest BCUT2D eigenvalue weighted by Gasteiger charge is 2.24. The Bertz CT molecular complexity index is 792. The number of aromatic nitrogens is 2. The van der Waals surface area contributed by atoms with Crippen LogP contribution in [-0.4, -0.2) is 28.6 Å². The highest BCUT2D eigenvalue weighted by molar-refractivity contribution is 6.41. The maximum atomic E-state index is 12.4. The molecule has 2 rings (SSSR count). The summed E-state index contributed by atoms with van der Waals surface area (Å²) in [5.41, 5.74) is -0.694. The van der Waals surface area contributed by atoms with E-state index in [0.29, 0.717) is 0 Å². The number of benzene rings is 1. The Labute approximate surface area is 129 Å². The molecule has 0 unspecified atom stereocenters. The van der Waals surface area contributed by atoms with Gasteiger partial charge in [0, 0.05) is 18.8 Å². The minimum atomic E-state index is -0.762. The summed E-state index contributed by atoms with van der Waals surface area (Å²) >= 11 is 12.0. The smallest absolute Gasteiger partial charge is 0.340 e. The van der Waals surface area contributed by atoms with Gasteiger partial charge in [-0.3, -0.25) is 14.3 Å². The van der Waals surface area contributed by atoms with Crippen LogP contribution >= 0.6 is 23.2 Å². The molecule has 0 amide bonds. The van der Waals surface area contributed by atoms with Crippen LogP contribution in [0.5, 0.6) is 0 Å². The van der Waals surface area contributed by atoms with Crippen molar-refractivity contribution in [3.8, 4) is 0 Å². The van der Waals surface area contributed by atoms with Crippen LogP contribution in [0, 0.1) is 0 Å². The van der Waals surface area contributed by atoms with Crippen LogP contribution in [0.25, 0.3) is 0 Å². The number of hydrogen-bond acceptors (Lipinski definition) is 4. The summed E-state index contributed by atoms with van der Waals surface area (Å²) in [7, 11) is 2.65. The molecule has 21 heavy (non-hydrogen) atoms. The first-order chi connectivity index (χ1) is 9.88. The fourth-order valence-electron chi connectivity index (χ4n) is 1.79. The molecule has 0 radical (unpaired) electrons. The third kappa shape index (κ3) is 2.59. The first-order valence-corrected chi connectivity index (χ1v) is 6.49. The zero-order valence-corrected chi connectivity index (χ0v) is 12.6. The maximum Gasteiger partial charge on any atom is 0.340 e. The average Bonchev–Trinajstić information content (AvgIpc) is 2.78. The number of carbonyl (C=O) groups excluding carboxylic acids is 2. The van der Waals surface area contributed by atoms with Gasteiger partial charge in [0.15, 0.2) is 0 Å². The standard InChI is InChI=1S/C13H10Cl2N2O4/c1-17-12(19)7(5-16-17)11(18)6-3-4-8(14)9(10(6)15)13(20)21-2/h3-5,16H,1-2H3. The molecule has 0 saturated heterocycles. The van der Waals surface area contributed by atoms with E-state index in [-0.39, 0.29) is 26.7 Å². The van der Waals surface area contributed by atoms with Crippen molar-refractivity contribution in [1.29, 1.82) is 0 Å². The number of halogens is 2. The quantitative estimate of drug-likeness (QED) is 0.690. The van der Waals surface area contributed by atoms with E-state index in [2.05, 4.69) is 9.84 Å². The number of nitrogens with one attached hydrogen (secondary N) is 1. The molecule has 0 aliphatic rings. The van der Waals surface area contributed by atoms with E-state index < -0.39 is 17.3 Å². The molecule has 1 heterocycles. The summed E-state index contributed by atoms with van der Waals surface area (Å²) < 4.78 is 5.73. The van der Waals surface area contributed by atoms with E-state index in [0.717, 1.165) is 4.68 Å². The van der Waals surface area contributed by atoms with E-state index in [4.69, 9.17) is 23.2 Å². The van der Waals surface area contributed by atoms with Crippen LogP contribution in [-0.2, 0) is 11.8 Å². The zero-order valence-electron chi connectivity index (χ0n) is 11.1. The molecule has 8 heteroatoms. The second-order valence-corrected chi connectivity index (χ2v) is 4.94. The lowest BCUT2D eigenvalue weighted by atomic mass is 10.0. The van der Waals surface area contributed by atoms with Crippen molar-refractivity contribution in [2.75, 3.05) is 7.11 Å². The third-order valence-electron chi connectivity index (χ3n) is 2.91. The van der Waals surface area contributed by atoms with Crippen LogP contribution in [0.4, 0.5) is 0 Å². The molecule has 0 fully saturated rings. The van der Waals surface area contributed by atoms with Gasteiger partial charge in [-0.15, -0.1) is 0 Å². The van der Waals surface area contributed by atoms with Crippen molar-refractivity contribution in [2.24, 2.45) is 7.05 Å². The second kappa shape index (κ2) is 5.75. The summed E-state index contributed by atoms with van der Waals surface area (Å²) in [6, 6.07) is 2.70. The summed E-state index contributed by atoms with van der Waals surface area (Å²) in [5.74, 6) is -1.37. The molecule has 0 bridgehead atoms. The minimum absolute atomic E-state index is 0.00170. The first-order valence-electron chi connectivity index (χ1n) is 5.74. The monoisotopic (exact) mass is 328 g/mol. The van der Waals surface area contributed by atoms with Crippen molar-refractivity contribution in [3.63, 3.8) is 0 Å². The summed E-state index contributed by atoms with van der Waals surface area (Å²) in [6.07, 6.45) is 1.27. The van der Waals surface area contributed by atoms with Gasteiger partial charge >= 0.3 is 5.97 Å². The number of esters is 1. The minimum Gasteiger partial charge on any atom is -0.465 e. The number of rotatable bonds is 3. The number of methoxy groups -OCH3 is 1. The third-order valence-corrected chi connectivity index (χ3v) is 3.62. The molecule has 0 atom stereocenters. The van der Waals surface area contributed by atoms with Crippen LogP contribution in [0.1, 0.15) is 26.3 Å². The predicted octanol–water partition coefficient (Wildman–Crippen LogP) is 2.04. The van der Waals surface area contributed by atoms with Crippen molar-refractivity contribution >= 4 is 35.0 Å². The first kappa shape index (κ1) is 15.3. The summed E-state index contributed by atoms with van der Waals surface area (Å²) in [4.78, 5) is 35.8. The highest BCUT2D eigenvalue weighted by Crippen LogP contribution is 2.29. The van der Waals surface area contributed by atoms with Crippen molar-refractivity contribution in [1.82, 2.24) is 9.78 Å². The van der Waals surface area contributed by atoms with E-state index in [1.54, 1.807) is 0 Å². The van der Waals surface area contributed by atoms with Gasteiger partial charge in [0.2, 0.25) is 5.78 Å². The molecule has 1 aromatic carbocycles. The molecular formula is C13H10Cl2N2O4. The number of aryl methyl sites for hydroxylation is 1. The Hall–Kier alpha value is -2.05. The van der Waals surface area contributed by atoms with Gasteiger partial charge in [-0.2, -0.15) is 0 Å². The van der Waals surface area contributed by atoms with Crippen LogP contribution in [0.3, 0.4) is 0 Å². The Morgan fingerprint density at radius 1 is 1.24 bits per heavy atom. The Kier molecular flexibility index (Phi) is 4.20. The van der Waals surface area contributed by atoms with E-state index in [9.17, 15) is 14.4 Å². The molecular weight excluding hydrogens is 319 g/mol. The molecule has 0 spiro atoms. The number of carbonyl (C=O) groups is 2. The Balaban J connectivity index is 2.60. The molecule has 0 aliphatic heterocycles. The topological polar surface area (TPSA) is 81.2 Å². The normalized spacial score (nSPS) is 10.5. The van der Waals surface area contributed by atoms with Crippen molar-refractivity contribution in [2.45, 2.75) is 0 Å². The number of hydrogen-bond donors (Lipinski definition) is 1. The van der Waals surface area contributed by atoms with Crippen LogP contribution < -0.4 is 5.56 Å². The van der Waals surface area contributed by atoms with Crippen LogP contribution in [0.2, 0.25) is 10.0 Å². The summed E-state index contributed by atoms with van der Waals surface area (Å²) in [5, 5.41) is 2.50. The number of ketones is 1. The van der Waals surface area contributed by atoms with Gasteiger partial charge in [-0.25, -0.2) is 4.79 Å². The Morgan fingerprint density at radius 2 is 1.90 bits per heavy atom. The molecule has 110 valence electrons. The predicted molar refractivity (Wildman–Crippen MR) is 77.3 cm³/mol.